The minimum absolute atomic E-state index is 0.397. The first-order chi connectivity index (χ1) is 17.9. The van der Waals surface area contributed by atoms with Crippen LogP contribution >= 0.6 is 0 Å². The average molecular weight is 494 g/mol. The highest BCUT2D eigenvalue weighted by atomic mass is 16.5. The number of aromatic nitrogens is 4. The highest BCUT2D eigenvalue weighted by molar-refractivity contribution is 6.05. The molecule has 4 rings (SSSR count). The highest BCUT2D eigenvalue weighted by Crippen LogP contribution is 2.29. The molecule has 37 heavy (non-hydrogen) atoms. The van der Waals surface area contributed by atoms with Crippen molar-refractivity contribution in [1.29, 1.82) is 5.41 Å². The second kappa shape index (κ2) is 11.4. The number of rotatable bonds is 9. The van der Waals surface area contributed by atoms with E-state index in [1.807, 2.05) is 61.9 Å². The van der Waals surface area contributed by atoms with Crippen LogP contribution in [0.4, 0.5) is 5.69 Å². The van der Waals surface area contributed by atoms with Gasteiger partial charge in [-0.3, -0.25) is 0 Å². The lowest BCUT2D eigenvalue weighted by Gasteiger charge is -2.12. The minimum Gasteiger partial charge on any atom is -0.457 e. The van der Waals surface area contributed by atoms with Gasteiger partial charge in [0.05, 0.1) is 17.4 Å². The molecule has 2 heterocycles. The van der Waals surface area contributed by atoms with Gasteiger partial charge in [0.15, 0.2) is 11.6 Å². The van der Waals surface area contributed by atoms with E-state index in [-0.39, 0.29) is 0 Å². The van der Waals surface area contributed by atoms with Crippen molar-refractivity contribution in [2.45, 2.75) is 33.6 Å². The van der Waals surface area contributed by atoms with Crippen molar-refractivity contribution in [3.8, 4) is 11.5 Å². The fraction of sp³-hybridized carbons (Fsp3) is 0.207. The summed E-state index contributed by atoms with van der Waals surface area (Å²) in [5.41, 5.74) is 4.18. The zero-order valence-corrected chi connectivity index (χ0v) is 21.6. The molecule has 0 aliphatic rings. The molecule has 2 N–H and O–H groups in total. The number of allylic oxidation sites excluding steroid dienone is 1. The predicted octanol–water partition coefficient (Wildman–Crippen LogP) is 4.98. The highest BCUT2D eigenvalue weighted by Gasteiger charge is 2.09. The van der Waals surface area contributed by atoms with Gasteiger partial charge in [0.2, 0.25) is 0 Å². The fourth-order valence-electron chi connectivity index (χ4n) is 3.82. The first-order valence-electron chi connectivity index (χ1n) is 12.2. The Morgan fingerprint density at radius 1 is 1.22 bits per heavy atom. The van der Waals surface area contributed by atoms with E-state index in [0.29, 0.717) is 22.6 Å². The smallest absolute Gasteiger partial charge is 0.160 e. The van der Waals surface area contributed by atoms with Crippen LogP contribution in [0, 0.1) is 12.3 Å². The van der Waals surface area contributed by atoms with Gasteiger partial charge in [-0.15, -0.1) is 0 Å². The van der Waals surface area contributed by atoms with Gasteiger partial charge in [-0.2, -0.15) is 0 Å². The van der Waals surface area contributed by atoms with Gasteiger partial charge in [-0.1, -0.05) is 26.0 Å². The molecule has 0 radical (unpaired) electrons. The monoisotopic (exact) mass is 493 g/mol. The van der Waals surface area contributed by atoms with Gasteiger partial charge in [-0.25, -0.2) is 19.9 Å². The topological polar surface area (TPSA) is 101 Å². The number of aryl methyl sites for hydroxylation is 2. The maximum Gasteiger partial charge on any atom is 0.160 e. The maximum absolute atomic E-state index is 7.53. The van der Waals surface area contributed by atoms with E-state index in [0.717, 1.165) is 58.1 Å². The van der Waals surface area contributed by atoms with Gasteiger partial charge in [-0.05, 0) is 56.2 Å². The number of fused-ring (bicyclic) bond motifs is 1. The minimum atomic E-state index is 0.397. The average Bonchev–Trinajstić information content (AvgIpc) is 3.28. The third-order valence-corrected chi connectivity index (χ3v) is 5.78. The molecule has 4 aromatic rings. The SMILES string of the molecule is C=C(C=N)c1ncc(=C\CCC)/c(=C(\N=C/C)Nc2ccc(Oc3ccc4c(c3)ncn4C)c(C)c2)n1. The molecule has 2 aromatic heterocycles. The van der Waals surface area contributed by atoms with Crippen molar-refractivity contribution in [3.63, 3.8) is 0 Å². The summed E-state index contributed by atoms with van der Waals surface area (Å²) in [6, 6.07) is 11.8. The van der Waals surface area contributed by atoms with Gasteiger partial charge >= 0.3 is 0 Å². The second-order valence-electron chi connectivity index (χ2n) is 8.61. The van der Waals surface area contributed by atoms with E-state index in [1.54, 1.807) is 18.7 Å². The molecule has 0 amide bonds. The number of benzene rings is 2. The first kappa shape index (κ1) is 25.5. The van der Waals surface area contributed by atoms with Crippen LogP contribution in [0.5, 0.6) is 11.5 Å². The third-order valence-electron chi connectivity index (χ3n) is 5.78. The molecule has 0 spiro atoms. The van der Waals surface area contributed by atoms with Crippen molar-refractivity contribution in [2.75, 3.05) is 5.32 Å². The van der Waals surface area contributed by atoms with Crippen molar-refractivity contribution >= 4 is 46.6 Å². The number of ether oxygens (including phenoxy) is 1. The first-order valence-corrected chi connectivity index (χ1v) is 12.2. The summed E-state index contributed by atoms with van der Waals surface area (Å²) >= 11 is 0. The molecule has 8 heteroatoms. The summed E-state index contributed by atoms with van der Waals surface area (Å²) < 4.78 is 8.14. The lowest BCUT2D eigenvalue weighted by atomic mass is 10.2. The van der Waals surface area contributed by atoms with E-state index in [1.165, 1.54) is 0 Å². The number of anilines is 1. The summed E-state index contributed by atoms with van der Waals surface area (Å²) in [6.07, 6.45) is 10.4. The Morgan fingerprint density at radius 3 is 2.78 bits per heavy atom. The number of aliphatic imine (C=N–C) groups is 1. The molecule has 0 aliphatic carbocycles. The molecule has 0 unspecified atom stereocenters. The Labute approximate surface area is 216 Å². The molecular weight excluding hydrogens is 462 g/mol. The molecule has 188 valence electrons. The van der Waals surface area contributed by atoms with Gasteiger partial charge in [0, 0.05) is 48.2 Å². The molecular formula is C29H31N7O. The van der Waals surface area contributed by atoms with Crippen LogP contribution in [0.3, 0.4) is 0 Å². The number of hydrogen-bond donors (Lipinski definition) is 2. The van der Waals surface area contributed by atoms with Crippen LogP contribution in [0.25, 0.3) is 28.5 Å². The Morgan fingerprint density at radius 2 is 2.05 bits per heavy atom. The molecule has 0 fully saturated rings. The van der Waals surface area contributed by atoms with Crippen LogP contribution in [-0.2, 0) is 7.05 Å². The maximum atomic E-state index is 7.53. The van der Waals surface area contributed by atoms with E-state index in [4.69, 9.17) is 15.1 Å². The number of unbranched alkanes of at least 4 members (excludes halogenated alkanes) is 1. The number of nitrogens with one attached hydrogen (secondary N) is 2. The van der Waals surface area contributed by atoms with E-state index >= 15 is 0 Å². The van der Waals surface area contributed by atoms with Crippen molar-refractivity contribution in [2.24, 2.45) is 12.0 Å². The molecule has 0 aliphatic heterocycles. The molecule has 2 aromatic carbocycles. The summed E-state index contributed by atoms with van der Waals surface area (Å²) in [5.74, 6) is 2.47. The second-order valence-corrected chi connectivity index (χ2v) is 8.61. The number of hydrogen-bond acceptors (Lipinski definition) is 7. The van der Waals surface area contributed by atoms with Crippen molar-refractivity contribution < 1.29 is 4.74 Å². The molecule has 8 nitrogen and oxygen atoms in total. The third kappa shape index (κ3) is 5.81. The lowest BCUT2D eigenvalue weighted by molar-refractivity contribution is 0.479. The van der Waals surface area contributed by atoms with Gasteiger partial charge in [0.25, 0.3) is 0 Å². The molecule has 0 bridgehead atoms. The van der Waals surface area contributed by atoms with E-state index in [2.05, 4.69) is 39.9 Å². The zero-order chi connectivity index (χ0) is 26.4. The van der Waals surface area contributed by atoms with Gasteiger partial charge in [0.1, 0.15) is 16.8 Å². The zero-order valence-electron chi connectivity index (χ0n) is 21.6. The Hall–Kier alpha value is -4.59. The quantitative estimate of drug-likeness (QED) is 0.320. The molecule has 0 saturated heterocycles. The summed E-state index contributed by atoms with van der Waals surface area (Å²) in [4.78, 5) is 18.1. The Bertz CT molecular complexity index is 1620. The summed E-state index contributed by atoms with van der Waals surface area (Å²) in [7, 11) is 1.97. The standard InChI is InChI=1S/C29H31N7O/c1-6-8-9-21-17-32-28(20(4)16-30)35-27(21)29(31-7-2)34-22-10-13-26(19(3)14-22)37-23-11-12-25-24(15-23)33-18-36(25)5/h7,9-18,30,34H,4,6,8H2,1-3,5H3/b21-9+,29-27-,30-16?,31-7-. The van der Waals surface area contributed by atoms with Crippen LogP contribution in [0.2, 0.25) is 0 Å². The van der Waals surface area contributed by atoms with Crippen LogP contribution in [0.1, 0.15) is 38.1 Å². The molecule has 0 saturated carbocycles. The largest absolute Gasteiger partial charge is 0.457 e. The predicted molar refractivity (Wildman–Crippen MR) is 152 cm³/mol. The van der Waals surface area contributed by atoms with Gasteiger partial charge < -0.3 is 20.0 Å². The lowest BCUT2D eigenvalue weighted by Crippen LogP contribution is -2.34. The van der Waals surface area contributed by atoms with Crippen LogP contribution in [0.15, 0.2) is 60.5 Å². The normalized spacial score (nSPS) is 12.7. The van der Waals surface area contributed by atoms with Crippen molar-refractivity contribution in [1.82, 2.24) is 19.5 Å². The Balaban J connectivity index is 1.70. The number of nitrogens with zero attached hydrogens (tertiary/aromatic N) is 5. The Kier molecular flexibility index (Phi) is 7.88. The van der Waals surface area contributed by atoms with Crippen LogP contribution in [-0.4, -0.2) is 31.9 Å². The van der Waals surface area contributed by atoms with E-state index < -0.39 is 0 Å². The summed E-state index contributed by atoms with van der Waals surface area (Å²) in [5, 5.41) is 12.5. The van der Waals surface area contributed by atoms with E-state index in [9.17, 15) is 0 Å². The summed E-state index contributed by atoms with van der Waals surface area (Å²) in [6.45, 7) is 9.85. The van der Waals surface area contributed by atoms with Crippen molar-refractivity contribution in [3.05, 3.63) is 77.5 Å². The molecule has 0 atom stereocenters. The van der Waals surface area contributed by atoms with Crippen LogP contribution < -0.4 is 20.6 Å². The fourth-order valence-corrected chi connectivity index (χ4v) is 3.82. The number of imidazole rings is 1.